The first-order valence-corrected chi connectivity index (χ1v) is 11.8. The van der Waals surface area contributed by atoms with E-state index in [1.54, 1.807) is 37.1 Å². The average molecular weight is 523 g/mol. The minimum Gasteiger partial charge on any atom is -0.496 e. The van der Waals surface area contributed by atoms with E-state index < -0.39 is 10.0 Å². The lowest BCUT2D eigenvalue weighted by Gasteiger charge is -2.25. The monoisotopic (exact) mass is 521 g/mol. The molecule has 3 rings (SSSR count). The van der Waals surface area contributed by atoms with Crippen LogP contribution in [-0.2, 0) is 10.0 Å². The van der Waals surface area contributed by atoms with Gasteiger partial charge in [-0.25, -0.2) is 8.42 Å². The average Bonchev–Trinajstić information content (AvgIpc) is 3.12. The Morgan fingerprint density at radius 3 is 2.31 bits per heavy atom. The Morgan fingerprint density at radius 2 is 1.65 bits per heavy atom. The molecule has 5 nitrogen and oxygen atoms in total. The van der Waals surface area contributed by atoms with Crippen molar-refractivity contribution in [1.29, 1.82) is 0 Å². The van der Waals surface area contributed by atoms with Crippen LogP contribution < -0.4 is 9.47 Å². The van der Waals surface area contributed by atoms with Crippen LogP contribution in [0.4, 0.5) is 0 Å². The van der Waals surface area contributed by atoms with E-state index in [0.717, 1.165) is 10.0 Å². The Kier molecular flexibility index (Phi) is 6.23. The number of ether oxygens (including phenoxy) is 2. The first-order chi connectivity index (χ1) is 12.4. The predicted octanol–water partition coefficient (Wildman–Crippen LogP) is 4.67. The van der Waals surface area contributed by atoms with E-state index in [4.69, 9.17) is 9.47 Å². The minimum absolute atomic E-state index is 0.149. The lowest BCUT2D eigenvalue weighted by atomic mass is 10.2. The van der Waals surface area contributed by atoms with Gasteiger partial charge in [0.2, 0.25) is 10.0 Å². The van der Waals surface area contributed by atoms with Gasteiger partial charge in [-0.15, -0.1) is 11.8 Å². The Bertz CT molecular complexity index is 921. The quantitative estimate of drug-likeness (QED) is 0.571. The molecule has 0 bridgehead atoms. The molecule has 2 aromatic rings. The van der Waals surface area contributed by atoms with Gasteiger partial charge in [-0.3, -0.25) is 0 Å². The van der Waals surface area contributed by atoms with Crippen LogP contribution >= 0.6 is 43.6 Å². The summed E-state index contributed by atoms with van der Waals surface area (Å²) in [6.07, 6.45) is 0. The second-order valence-corrected chi connectivity index (χ2v) is 10.4. The molecule has 9 heteroatoms. The summed E-state index contributed by atoms with van der Waals surface area (Å²) in [5.41, 5.74) is 0.821. The Hall–Kier alpha value is -0.740. The second-order valence-electron chi connectivity index (χ2n) is 5.52. The van der Waals surface area contributed by atoms with Crippen molar-refractivity contribution in [3.63, 3.8) is 0 Å². The molecular weight excluding hydrogens is 506 g/mol. The van der Waals surface area contributed by atoms with Crippen LogP contribution in [-0.4, -0.2) is 39.2 Å². The SMILES string of the molecule is COc1ccc(Br)cc1[C@@H]1SCCN1S(=O)(=O)c1cc(Br)ccc1OC. The predicted molar refractivity (Wildman–Crippen MR) is 110 cm³/mol. The van der Waals surface area contributed by atoms with Gasteiger partial charge < -0.3 is 9.47 Å². The van der Waals surface area contributed by atoms with E-state index in [0.29, 0.717) is 28.3 Å². The highest BCUT2D eigenvalue weighted by atomic mass is 79.9. The zero-order valence-electron chi connectivity index (χ0n) is 14.1. The van der Waals surface area contributed by atoms with Crippen LogP contribution in [0.2, 0.25) is 0 Å². The molecule has 1 aliphatic heterocycles. The lowest BCUT2D eigenvalue weighted by molar-refractivity contribution is 0.383. The van der Waals surface area contributed by atoms with Crippen LogP contribution in [0.15, 0.2) is 50.2 Å². The van der Waals surface area contributed by atoms with Crippen LogP contribution in [0.5, 0.6) is 11.5 Å². The summed E-state index contributed by atoms with van der Waals surface area (Å²) in [7, 11) is -0.699. The number of hydrogen-bond acceptors (Lipinski definition) is 5. The Labute approximate surface area is 174 Å². The molecule has 1 atom stereocenters. The number of nitrogens with zero attached hydrogens (tertiary/aromatic N) is 1. The number of thioether (sulfide) groups is 1. The Morgan fingerprint density at radius 1 is 1.04 bits per heavy atom. The van der Waals surface area contributed by atoms with Crippen molar-refractivity contribution in [3.05, 3.63) is 50.9 Å². The molecule has 1 heterocycles. The van der Waals surface area contributed by atoms with Gasteiger partial charge in [0.05, 0.1) is 19.6 Å². The maximum atomic E-state index is 13.4. The molecule has 26 heavy (non-hydrogen) atoms. The van der Waals surface area contributed by atoms with Crippen molar-refractivity contribution in [2.45, 2.75) is 10.3 Å². The van der Waals surface area contributed by atoms with E-state index in [1.165, 1.54) is 11.4 Å². The van der Waals surface area contributed by atoms with E-state index in [1.807, 2.05) is 18.2 Å². The standard InChI is InChI=1S/C17H17Br2NO4S2/c1-23-14-5-3-11(18)9-13(14)17-20(7-8-25-17)26(21,22)16-10-12(19)4-6-15(16)24-2/h3-6,9-10,17H,7-8H2,1-2H3/t17-/m0/s1. The summed E-state index contributed by atoms with van der Waals surface area (Å²) in [5.74, 6) is 1.69. The first kappa shape index (κ1) is 20.0. The molecule has 0 amide bonds. The number of halogens is 2. The summed E-state index contributed by atoms with van der Waals surface area (Å²) in [6.45, 7) is 0.420. The summed E-state index contributed by atoms with van der Waals surface area (Å²) in [4.78, 5) is 0.149. The number of methoxy groups -OCH3 is 2. The Balaban J connectivity index is 2.08. The topological polar surface area (TPSA) is 55.8 Å². The summed E-state index contributed by atoms with van der Waals surface area (Å²) < 4.78 is 40.6. The van der Waals surface area contributed by atoms with Crippen molar-refractivity contribution in [2.75, 3.05) is 26.5 Å². The molecule has 1 aliphatic rings. The first-order valence-electron chi connectivity index (χ1n) is 7.69. The zero-order chi connectivity index (χ0) is 18.9. The lowest BCUT2D eigenvalue weighted by Crippen LogP contribution is -2.31. The molecule has 1 fully saturated rings. The van der Waals surface area contributed by atoms with Crippen molar-refractivity contribution in [2.24, 2.45) is 0 Å². The van der Waals surface area contributed by atoms with E-state index in [9.17, 15) is 8.42 Å². The molecule has 0 aromatic heterocycles. The molecule has 0 N–H and O–H groups in total. The third-order valence-corrected chi connectivity index (χ3v) is 8.27. The number of rotatable bonds is 5. The molecule has 0 radical (unpaired) electrons. The van der Waals surface area contributed by atoms with Gasteiger partial charge in [-0.1, -0.05) is 31.9 Å². The smallest absolute Gasteiger partial charge is 0.248 e. The van der Waals surface area contributed by atoms with Crippen molar-refractivity contribution in [1.82, 2.24) is 4.31 Å². The molecule has 1 saturated heterocycles. The molecular formula is C17H17Br2NO4S2. The highest BCUT2D eigenvalue weighted by molar-refractivity contribution is 9.10. The van der Waals surface area contributed by atoms with Gasteiger partial charge in [0.15, 0.2) is 0 Å². The largest absolute Gasteiger partial charge is 0.496 e. The second kappa shape index (κ2) is 8.10. The molecule has 0 saturated carbocycles. The highest BCUT2D eigenvalue weighted by Crippen LogP contribution is 2.46. The van der Waals surface area contributed by atoms with Gasteiger partial charge >= 0.3 is 0 Å². The van der Waals surface area contributed by atoms with Crippen molar-refractivity contribution < 1.29 is 17.9 Å². The van der Waals surface area contributed by atoms with Crippen molar-refractivity contribution in [3.8, 4) is 11.5 Å². The fourth-order valence-electron chi connectivity index (χ4n) is 2.82. The van der Waals surface area contributed by atoms with Crippen LogP contribution in [0.1, 0.15) is 10.9 Å². The van der Waals surface area contributed by atoms with E-state index >= 15 is 0 Å². The third-order valence-electron chi connectivity index (χ3n) is 4.02. The summed E-state index contributed by atoms with van der Waals surface area (Å²) >= 11 is 8.38. The van der Waals surface area contributed by atoms with Gasteiger partial charge in [-0.05, 0) is 36.4 Å². The van der Waals surface area contributed by atoms with Crippen LogP contribution in [0.25, 0.3) is 0 Å². The normalized spacial score (nSPS) is 18.1. The summed E-state index contributed by atoms with van der Waals surface area (Å²) in [5, 5.41) is -0.365. The molecule has 0 spiro atoms. The van der Waals surface area contributed by atoms with Crippen LogP contribution in [0.3, 0.4) is 0 Å². The summed E-state index contributed by atoms with van der Waals surface area (Å²) in [6, 6.07) is 10.6. The number of sulfonamides is 1. The van der Waals surface area contributed by atoms with Crippen molar-refractivity contribution >= 4 is 53.6 Å². The maximum absolute atomic E-state index is 13.4. The van der Waals surface area contributed by atoms with E-state index in [-0.39, 0.29) is 10.3 Å². The fraction of sp³-hybridized carbons (Fsp3) is 0.294. The fourth-order valence-corrected chi connectivity index (χ4v) is 7.14. The van der Waals surface area contributed by atoms with Gasteiger partial charge in [0, 0.05) is 26.8 Å². The number of hydrogen-bond donors (Lipinski definition) is 0. The molecule has 140 valence electrons. The van der Waals surface area contributed by atoms with Gasteiger partial charge in [0.1, 0.15) is 16.4 Å². The number of benzene rings is 2. The minimum atomic E-state index is -3.75. The molecule has 2 aromatic carbocycles. The maximum Gasteiger partial charge on any atom is 0.248 e. The molecule has 0 unspecified atom stereocenters. The van der Waals surface area contributed by atoms with Gasteiger partial charge in [0.25, 0.3) is 0 Å². The highest BCUT2D eigenvalue weighted by Gasteiger charge is 2.39. The van der Waals surface area contributed by atoms with Gasteiger partial charge in [-0.2, -0.15) is 4.31 Å². The zero-order valence-corrected chi connectivity index (χ0v) is 18.9. The van der Waals surface area contributed by atoms with E-state index in [2.05, 4.69) is 31.9 Å². The third kappa shape index (κ3) is 3.77. The molecule has 0 aliphatic carbocycles. The van der Waals surface area contributed by atoms with Crippen LogP contribution in [0, 0.1) is 0 Å².